The van der Waals surface area contributed by atoms with Gasteiger partial charge < -0.3 is 21.1 Å². The number of aromatic nitrogens is 4. The molecular formula is C18H13N7O3S. The van der Waals surface area contributed by atoms with Crippen LogP contribution in [0.2, 0.25) is 0 Å². The number of nitrogens with zero attached hydrogens (tertiary/aromatic N) is 5. The summed E-state index contributed by atoms with van der Waals surface area (Å²) in [7, 11) is 1.41. The monoisotopic (exact) mass is 407 g/mol. The highest BCUT2D eigenvalue weighted by Crippen LogP contribution is 2.42. The zero-order valence-corrected chi connectivity index (χ0v) is 16.1. The number of anilines is 2. The number of hydrogen-bond donors (Lipinski definition) is 2. The normalized spacial score (nSPS) is 10.9. The van der Waals surface area contributed by atoms with Gasteiger partial charge in [-0.15, -0.1) is 11.3 Å². The molecule has 0 aliphatic heterocycles. The molecule has 0 bridgehead atoms. The number of nitrogens with two attached hydrogens (primary N) is 2. The highest BCUT2D eigenvalue weighted by Gasteiger charge is 2.31. The van der Waals surface area contributed by atoms with Crippen molar-refractivity contribution in [2.24, 2.45) is 7.05 Å². The van der Waals surface area contributed by atoms with Crippen molar-refractivity contribution in [1.82, 2.24) is 15.2 Å². The summed E-state index contributed by atoms with van der Waals surface area (Å²) in [5.41, 5.74) is 13.8. The standard InChI is InChI=1S/C18H13N7O3S/c1-7-4-3-5-9(22-7)10-8(6-19)16(21)23-17-11(10)12(20)15(29-17)14(26)13-18(27)28-24-25(13)2/h3-5H,1-2H3,(H4-,20,21,23,24,26,27). The van der Waals surface area contributed by atoms with Crippen molar-refractivity contribution in [1.29, 1.82) is 5.26 Å². The molecular weight excluding hydrogens is 394 g/mol. The third kappa shape index (κ3) is 2.74. The lowest BCUT2D eigenvalue weighted by atomic mass is 10.0. The summed E-state index contributed by atoms with van der Waals surface area (Å²) < 4.78 is 5.57. The molecule has 0 aromatic carbocycles. The molecule has 4 rings (SSSR count). The molecule has 0 atom stereocenters. The molecule has 10 nitrogen and oxygen atoms in total. The quantitative estimate of drug-likeness (QED) is 0.368. The Morgan fingerprint density at radius 1 is 1.34 bits per heavy atom. The molecule has 0 saturated carbocycles. The van der Waals surface area contributed by atoms with Crippen LogP contribution in [0.1, 0.15) is 26.6 Å². The first-order chi connectivity index (χ1) is 13.8. The lowest BCUT2D eigenvalue weighted by Gasteiger charge is -2.09. The van der Waals surface area contributed by atoms with Gasteiger partial charge in [-0.3, -0.25) is 9.78 Å². The molecule has 4 aromatic rings. The average Bonchev–Trinajstić information content (AvgIpc) is 3.19. The fourth-order valence-corrected chi connectivity index (χ4v) is 4.10. The topological polar surface area (TPSA) is 172 Å². The predicted molar refractivity (Wildman–Crippen MR) is 102 cm³/mol. The fourth-order valence-electron chi connectivity index (χ4n) is 3.05. The number of ketones is 1. The van der Waals surface area contributed by atoms with E-state index in [9.17, 15) is 15.2 Å². The Balaban J connectivity index is 2.06. The Labute approximate surface area is 167 Å². The molecule has 4 N–H and O–H groups in total. The highest BCUT2D eigenvalue weighted by atomic mass is 32.1. The van der Waals surface area contributed by atoms with Crippen molar-refractivity contribution in [2.75, 3.05) is 11.5 Å². The summed E-state index contributed by atoms with van der Waals surface area (Å²) in [6.45, 7) is 1.81. The van der Waals surface area contributed by atoms with Crippen LogP contribution in [0.5, 0.6) is 5.95 Å². The minimum absolute atomic E-state index is 0.00129. The third-order valence-corrected chi connectivity index (χ3v) is 5.44. The Morgan fingerprint density at radius 2 is 2.10 bits per heavy atom. The SMILES string of the molecule is Cc1cccc(-c2c(C#N)c(N)nc3sc(C(=O)c4c([O-])on[n+]4C)c(N)c23)n1. The summed E-state index contributed by atoms with van der Waals surface area (Å²) >= 11 is 0.970. The summed E-state index contributed by atoms with van der Waals surface area (Å²) in [6, 6.07) is 7.36. The first-order valence-electron chi connectivity index (χ1n) is 8.26. The third-order valence-electron chi connectivity index (χ3n) is 4.35. The number of nitriles is 1. The van der Waals surface area contributed by atoms with E-state index >= 15 is 0 Å². The zero-order valence-electron chi connectivity index (χ0n) is 15.3. The van der Waals surface area contributed by atoms with Gasteiger partial charge in [-0.1, -0.05) is 10.7 Å². The second kappa shape index (κ2) is 6.54. The van der Waals surface area contributed by atoms with Gasteiger partial charge in [-0.25, -0.2) is 4.98 Å². The molecule has 144 valence electrons. The van der Waals surface area contributed by atoms with E-state index in [0.29, 0.717) is 21.5 Å². The summed E-state index contributed by atoms with van der Waals surface area (Å²) in [5, 5.41) is 25.3. The Kier molecular flexibility index (Phi) is 4.13. The number of hydrogen-bond acceptors (Lipinski definition) is 10. The van der Waals surface area contributed by atoms with Gasteiger partial charge in [0.05, 0.1) is 16.7 Å². The molecule has 0 aliphatic rings. The van der Waals surface area contributed by atoms with Crippen LogP contribution < -0.4 is 21.3 Å². The van der Waals surface area contributed by atoms with E-state index in [0.717, 1.165) is 21.7 Å². The van der Waals surface area contributed by atoms with Crippen LogP contribution in [0.3, 0.4) is 0 Å². The predicted octanol–water partition coefficient (Wildman–Crippen LogP) is 0.820. The lowest BCUT2D eigenvalue weighted by Crippen LogP contribution is -2.37. The van der Waals surface area contributed by atoms with Crippen molar-refractivity contribution in [2.45, 2.75) is 6.92 Å². The van der Waals surface area contributed by atoms with E-state index in [2.05, 4.69) is 19.8 Å². The second-order valence-electron chi connectivity index (χ2n) is 6.21. The van der Waals surface area contributed by atoms with Crippen molar-refractivity contribution < 1.29 is 19.1 Å². The molecule has 4 heterocycles. The molecule has 4 aromatic heterocycles. The van der Waals surface area contributed by atoms with Crippen LogP contribution in [0.25, 0.3) is 21.5 Å². The first kappa shape index (κ1) is 18.3. The molecule has 11 heteroatoms. The number of carbonyl (C=O) groups is 1. The maximum absolute atomic E-state index is 13.0. The number of nitrogen functional groups attached to an aromatic ring is 2. The number of pyridine rings is 2. The van der Waals surface area contributed by atoms with Crippen LogP contribution >= 0.6 is 11.3 Å². The maximum Gasteiger partial charge on any atom is 0.305 e. The number of rotatable bonds is 3. The molecule has 0 amide bonds. The van der Waals surface area contributed by atoms with E-state index in [1.54, 1.807) is 12.1 Å². The molecule has 0 fully saturated rings. The molecule has 0 radical (unpaired) electrons. The van der Waals surface area contributed by atoms with Crippen molar-refractivity contribution in [3.63, 3.8) is 0 Å². The summed E-state index contributed by atoms with van der Waals surface area (Å²) in [4.78, 5) is 22.1. The lowest BCUT2D eigenvalue weighted by molar-refractivity contribution is -0.741. The minimum atomic E-state index is -0.875. The van der Waals surface area contributed by atoms with Crippen LogP contribution in [-0.4, -0.2) is 21.0 Å². The van der Waals surface area contributed by atoms with Gasteiger partial charge in [0.1, 0.15) is 27.2 Å². The van der Waals surface area contributed by atoms with Gasteiger partial charge >= 0.3 is 5.69 Å². The number of thiophene rings is 1. The maximum atomic E-state index is 13.0. The largest absolute Gasteiger partial charge is 0.539 e. The zero-order chi connectivity index (χ0) is 20.9. The Bertz CT molecular complexity index is 1330. The molecule has 0 aliphatic carbocycles. The molecule has 29 heavy (non-hydrogen) atoms. The summed E-state index contributed by atoms with van der Waals surface area (Å²) in [5.74, 6) is -1.53. The van der Waals surface area contributed by atoms with Gasteiger partial charge in [0.2, 0.25) is 0 Å². The van der Waals surface area contributed by atoms with E-state index < -0.39 is 11.7 Å². The van der Waals surface area contributed by atoms with Gasteiger partial charge in [-0.2, -0.15) is 5.26 Å². The van der Waals surface area contributed by atoms with Crippen molar-refractivity contribution in [3.05, 3.63) is 40.0 Å². The first-order valence-corrected chi connectivity index (χ1v) is 9.08. The van der Waals surface area contributed by atoms with E-state index in [-0.39, 0.29) is 27.6 Å². The van der Waals surface area contributed by atoms with E-state index in [1.165, 1.54) is 7.05 Å². The smallest absolute Gasteiger partial charge is 0.305 e. The van der Waals surface area contributed by atoms with Crippen molar-refractivity contribution >= 4 is 38.8 Å². The van der Waals surface area contributed by atoms with Crippen LogP contribution in [0, 0.1) is 18.3 Å². The Morgan fingerprint density at radius 3 is 2.72 bits per heavy atom. The highest BCUT2D eigenvalue weighted by molar-refractivity contribution is 7.21. The van der Waals surface area contributed by atoms with Gasteiger partial charge in [-0.05, 0) is 19.1 Å². The van der Waals surface area contributed by atoms with Crippen LogP contribution in [-0.2, 0) is 7.05 Å². The number of carbonyl (C=O) groups excluding carboxylic acids is 1. The van der Waals surface area contributed by atoms with Crippen molar-refractivity contribution in [3.8, 4) is 23.3 Å². The molecule has 0 unspecified atom stereocenters. The fraction of sp³-hybridized carbons (Fsp3) is 0.111. The van der Waals surface area contributed by atoms with Crippen LogP contribution in [0.15, 0.2) is 22.7 Å². The minimum Gasteiger partial charge on any atom is -0.539 e. The number of aryl methyl sites for hydroxylation is 2. The average molecular weight is 407 g/mol. The molecule has 0 spiro atoms. The van der Waals surface area contributed by atoms with Crippen LogP contribution in [0.4, 0.5) is 11.5 Å². The van der Waals surface area contributed by atoms with Gasteiger partial charge in [0.25, 0.3) is 5.78 Å². The summed E-state index contributed by atoms with van der Waals surface area (Å²) in [6.07, 6.45) is 0. The van der Waals surface area contributed by atoms with E-state index in [1.807, 2.05) is 19.1 Å². The number of fused-ring (bicyclic) bond motifs is 1. The van der Waals surface area contributed by atoms with Gasteiger partial charge in [0, 0.05) is 16.6 Å². The second-order valence-corrected chi connectivity index (χ2v) is 7.21. The molecule has 0 saturated heterocycles. The van der Waals surface area contributed by atoms with E-state index in [4.69, 9.17) is 11.5 Å². The Hall–Kier alpha value is -4.04. The van der Waals surface area contributed by atoms with Gasteiger partial charge in [0.15, 0.2) is 13.0 Å².